The molecule has 0 aromatic heterocycles. The van der Waals surface area contributed by atoms with E-state index in [1.807, 2.05) is 0 Å². The van der Waals surface area contributed by atoms with Crippen molar-refractivity contribution in [2.45, 2.75) is 24.9 Å². The number of benzene rings is 1. The van der Waals surface area contributed by atoms with Gasteiger partial charge in [0.25, 0.3) is 0 Å². The van der Waals surface area contributed by atoms with E-state index in [0.29, 0.717) is 11.3 Å². The minimum absolute atomic E-state index is 0.0769. The van der Waals surface area contributed by atoms with Gasteiger partial charge in [-0.25, -0.2) is 8.78 Å². The summed E-state index contributed by atoms with van der Waals surface area (Å²) in [7, 11) is 0. The van der Waals surface area contributed by atoms with E-state index in [4.69, 9.17) is 11.6 Å². The van der Waals surface area contributed by atoms with Crippen molar-refractivity contribution in [2.24, 2.45) is 0 Å². The molecule has 104 valence electrons. The van der Waals surface area contributed by atoms with Crippen molar-refractivity contribution in [1.82, 2.24) is 0 Å². The lowest BCUT2D eigenvalue weighted by atomic mass is 10.00. The summed E-state index contributed by atoms with van der Waals surface area (Å²) in [5.74, 6) is -4.98. The molecular formula is C11H8ClF4NO2. The van der Waals surface area contributed by atoms with Gasteiger partial charge < -0.3 is 10.4 Å². The molecule has 1 heterocycles. The summed E-state index contributed by atoms with van der Waals surface area (Å²) in [4.78, 5) is 11.1. The van der Waals surface area contributed by atoms with Gasteiger partial charge in [0, 0.05) is 16.3 Å². The van der Waals surface area contributed by atoms with Crippen LogP contribution in [0.15, 0.2) is 12.1 Å². The predicted octanol–water partition coefficient (Wildman–Crippen LogP) is 2.77. The van der Waals surface area contributed by atoms with E-state index in [9.17, 15) is 27.5 Å². The number of hydrogen-bond donors (Lipinski definition) is 2. The number of anilines is 1. The van der Waals surface area contributed by atoms with Gasteiger partial charge in [-0.15, -0.1) is 0 Å². The topological polar surface area (TPSA) is 49.3 Å². The van der Waals surface area contributed by atoms with Gasteiger partial charge in [-0.2, -0.15) is 8.78 Å². The van der Waals surface area contributed by atoms with Gasteiger partial charge in [0.05, 0.1) is 6.42 Å². The van der Waals surface area contributed by atoms with E-state index in [-0.39, 0.29) is 17.4 Å². The second kappa shape index (κ2) is 4.64. The number of aliphatic hydroxyl groups is 1. The molecule has 0 fully saturated rings. The van der Waals surface area contributed by atoms with Crippen LogP contribution in [-0.4, -0.2) is 23.4 Å². The highest BCUT2D eigenvalue weighted by Crippen LogP contribution is 2.41. The van der Waals surface area contributed by atoms with Crippen LogP contribution in [0.4, 0.5) is 23.2 Å². The monoisotopic (exact) mass is 297 g/mol. The summed E-state index contributed by atoms with van der Waals surface area (Å²) in [5.41, 5.74) is 0.127. The number of carbonyl (C=O) groups is 1. The lowest BCUT2D eigenvalue weighted by Crippen LogP contribution is -2.34. The molecule has 1 aliphatic heterocycles. The number of hydrogen-bond acceptors (Lipinski definition) is 2. The second-order valence-corrected chi connectivity index (χ2v) is 4.54. The number of fused-ring (bicyclic) bond motifs is 1. The van der Waals surface area contributed by atoms with E-state index in [1.54, 1.807) is 0 Å². The Morgan fingerprint density at radius 3 is 2.58 bits per heavy atom. The zero-order valence-electron chi connectivity index (χ0n) is 9.26. The molecule has 1 amide bonds. The third kappa shape index (κ3) is 2.40. The number of halogens is 5. The summed E-state index contributed by atoms with van der Waals surface area (Å²) in [6.07, 6.45) is -6.83. The molecule has 0 bridgehead atoms. The Balaban J connectivity index is 2.42. The fraction of sp³-hybridized carbons (Fsp3) is 0.364. The number of rotatable bonds is 3. The summed E-state index contributed by atoms with van der Waals surface area (Å²) in [6.45, 7) is 0. The lowest BCUT2D eigenvalue weighted by molar-refractivity contribution is -0.193. The van der Waals surface area contributed by atoms with Gasteiger partial charge >= 0.3 is 12.3 Å². The van der Waals surface area contributed by atoms with Crippen LogP contribution in [0.25, 0.3) is 0 Å². The molecule has 2 N–H and O–H groups in total. The highest BCUT2D eigenvalue weighted by Gasteiger charge is 2.49. The molecule has 1 aromatic rings. The molecule has 0 radical (unpaired) electrons. The molecule has 8 heteroatoms. The molecule has 0 spiro atoms. The number of nitrogens with one attached hydrogen (secondary N) is 1. The molecule has 2 rings (SSSR count). The van der Waals surface area contributed by atoms with Crippen LogP contribution in [0.3, 0.4) is 0 Å². The van der Waals surface area contributed by atoms with E-state index in [0.717, 1.165) is 12.1 Å². The van der Waals surface area contributed by atoms with Crippen molar-refractivity contribution in [3.63, 3.8) is 0 Å². The van der Waals surface area contributed by atoms with Crippen LogP contribution >= 0.6 is 11.6 Å². The first-order valence-corrected chi connectivity index (χ1v) is 5.57. The average Bonchev–Trinajstić information content (AvgIpc) is 2.65. The second-order valence-electron chi connectivity index (χ2n) is 4.13. The fourth-order valence-electron chi connectivity index (χ4n) is 1.80. The van der Waals surface area contributed by atoms with Crippen molar-refractivity contribution in [2.75, 3.05) is 5.32 Å². The number of carbonyl (C=O) groups excluding carboxylic acids is 1. The fourth-order valence-corrected chi connectivity index (χ4v) is 2.07. The van der Waals surface area contributed by atoms with Crippen LogP contribution < -0.4 is 5.32 Å². The van der Waals surface area contributed by atoms with Crippen molar-refractivity contribution >= 4 is 23.2 Å². The SMILES string of the molecule is O=C1Cc2cc(C(O)C(F)(F)C(F)F)c(Cl)cc2N1. The van der Waals surface area contributed by atoms with Crippen molar-refractivity contribution in [1.29, 1.82) is 0 Å². The standard InChI is InChI=1S/C11H8ClF4NO2/c12-6-3-7-4(2-8(18)17-7)1-5(6)9(19)11(15,16)10(13)14/h1,3,9-10,19H,2H2,(H,17,18). The Labute approximate surface area is 110 Å². The van der Waals surface area contributed by atoms with Crippen LogP contribution in [0.5, 0.6) is 0 Å². The molecule has 19 heavy (non-hydrogen) atoms. The van der Waals surface area contributed by atoms with Crippen molar-refractivity contribution in [3.8, 4) is 0 Å². The van der Waals surface area contributed by atoms with Gasteiger partial charge in [0.1, 0.15) is 6.10 Å². The lowest BCUT2D eigenvalue weighted by Gasteiger charge is -2.23. The number of amides is 1. The van der Waals surface area contributed by atoms with Crippen LogP contribution in [0.1, 0.15) is 17.2 Å². The average molecular weight is 298 g/mol. The Kier molecular flexibility index (Phi) is 3.44. The van der Waals surface area contributed by atoms with E-state index < -0.39 is 24.0 Å². The van der Waals surface area contributed by atoms with Crippen molar-refractivity contribution in [3.05, 3.63) is 28.3 Å². The molecule has 1 aliphatic rings. The minimum atomic E-state index is -4.62. The summed E-state index contributed by atoms with van der Waals surface area (Å²) >= 11 is 5.67. The normalized spacial score (nSPS) is 16.5. The zero-order valence-corrected chi connectivity index (χ0v) is 10.0. The highest BCUT2D eigenvalue weighted by molar-refractivity contribution is 6.32. The van der Waals surface area contributed by atoms with Crippen LogP contribution in [-0.2, 0) is 11.2 Å². The highest BCUT2D eigenvalue weighted by atomic mass is 35.5. The van der Waals surface area contributed by atoms with Crippen LogP contribution in [0, 0.1) is 0 Å². The van der Waals surface area contributed by atoms with E-state index >= 15 is 0 Å². The van der Waals surface area contributed by atoms with Gasteiger partial charge in [0.15, 0.2) is 0 Å². The molecule has 0 aliphatic carbocycles. The molecule has 0 saturated heterocycles. The first-order chi connectivity index (χ1) is 8.73. The Bertz CT molecular complexity index is 536. The summed E-state index contributed by atoms with van der Waals surface area (Å²) in [5, 5.41) is 11.5. The molecule has 1 unspecified atom stereocenters. The molecular weight excluding hydrogens is 290 g/mol. The van der Waals surface area contributed by atoms with Gasteiger partial charge in [-0.05, 0) is 17.7 Å². The smallest absolute Gasteiger partial charge is 0.336 e. The Morgan fingerprint density at radius 2 is 2.00 bits per heavy atom. The molecule has 1 aromatic carbocycles. The Hall–Kier alpha value is -1.34. The molecule has 0 saturated carbocycles. The summed E-state index contributed by atoms with van der Waals surface area (Å²) in [6, 6.07) is 2.19. The molecule has 1 atom stereocenters. The summed E-state index contributed by atoms with van der Waals surface area (Å²) < 4.78 is 50.6. The van der Waals surface area contributed by atoms with Gasteiger partial charge in [-0.3, -0.25) is 4.79 Å². The largest absolute Gasteiger partial charge is 0.382 e. The molecule has 3 nitrogen and oxygen atoms in total. The van der Waals surface area contributed by atoms with E-state index in [1.165, 1.54) is 0 Å². The predicted molar refractivity (Wildman–Crippen MR) is 59.7 cm³/mol. The maximum atomic E-state index is 13.1. The number of alkyl halides is 4. The van der Waals surface area contributed by atoms with E-state index in [2.05, 4.69) is 5.32 Å². The number of aliphatic hydroxyl groups excluding tert-OH is 1. The quantitative estimate of drug-likeness (QED) is 0.843. The van der Waals surface area contributed by atoms with Crippen molar-refractivity contribution < 1.29 is 27.5 Å². The third-order valence-electron chi connectivity index (χ3n) is 2.80. The zero-order chi connectivity index (χ0) is 14.4. The first-order valence-electron chi connectivity index (χ1n) is 5.19. The maximum absolute atomic E-state index is 13.1. The minimum Gasteiger partial charge on any atom is -0.382 e. The maximum Gasteiger partial charge on any atom is 0.336 e. The Morgan fingerprint density at radius 1 is 1.37 bits per heavy atom. The van der Waals surface area contributed by atoms with Crippen LogP contribution in [0.2, 0.25) is 5.02 Å². The third-order valence-corrected chi connectivity index (χ3v) is 3.13. The first kappa shape index (κ1) is 14.1. The van der Waals surface area contributed by atoms with Gasteiger partial charge in [0.2, 0.25) is 5.91 Å². The van der Waals surface area contributed by atoms with Gasteiger partial charge in [-0.1, -0.05) is 11.6 Å².